The van der Waals surface area contributed by atoms with Crippen molar-refractivity contribution in [2.24, 2.45) is 5.92 Å². The fraction of sp³-hybridized carbons (Fsp3) is 0.516. The van der Waals surface area contributed by atoms with E-state index in [-0.39, 0.29) is 57.8 Å². The Hall–Kier alpha value is -3.69. The molecule has 2 aromatic carbocycles. The van der Waals surface area contributed by atoms with Crippen LogP contribution >= 0.6 is 0 Å². The lowest BCUT2D eigenvalue weighted by Gasteiger charge is -2.45. The third kappa shape index (κ3) is 5.74. The summed E-state index contributed by atoms with van der Waals surface area (Å²) in [6.07, 6.45) is -1.90. The molecule has 41 heavy (non-hydrogen) atoms. The Labute approximate surface area is 238 Å². The fourth-order valence-electron chi connectivity index (χ4n) is 6.00. The first-order chi connectivity index (χ1) is 19.3. The number of carbonyl (C=O) groups is 3. The molecule has 0 radical (unpaired) electrons. The van der Waals surface area contributed by atoms with Gasteiger partial charge in [0.15, 0.2) is 0 Å². The molecule has 0 aromatic heterocycles. The number of fused-ring (bicyclic) bond motifs is 3. The number of rotatable bonds is 7. The van der Waals surface area contributed by atoms with Crippen molar-refractivity contribution >= 4 is 18.2 Å². The number of benzene rings is 2. The van der Waals surface area contributed by atoms with Crippen LogP contribution in [0.3, 0.4) is 0 Å². The predicted octanol–water partition coefficient (Wildman–Crippen LogP) is 6.14. The topological polar surface area (TPSA) is 96.4 Å². The quantitative estimate of drug-likeness (QED) is 0.430. The Morgan fingerprint density at radius 2 is 1.54 bits per heavy atom. The van der Waals surface area contributed by atoms with Crippen molar-refractivity contribution in [3.8, 4) is 11.1 Å². The molecule has 1 aliphatic heterocycles. The Balaban J connectivity index is 1.35. The van der Waals surface area contributed by atoms with Crippen LogP contribution in [-0.4, -0.2) is 76.4 Å². The molecular weight excluding hydrogens is 534 g/mol. The van der Waals surface area contributed by atoms with E-state index in [9.17, 15) is 28.3 Å². The molecule has 1 saturated heterocycles. The lowest BCUT2D eigenvalue weighted by atomic mass is 9.85. The van der Waals surface area contributed by atoms with Crippen molar-refractivity contribution in [2.75, 3.05) is 26.2 Å². The normalized spacial score (nSPS) is 20.5. The maximum atomic E-state index is 13.7. The second-order valence-corrected chi connectivity index (χ2v) is 12.2. The number of piperidine rings is 1. The van der Waals surface area contributed by atoms with E-state index in [4.69, 9.17) is 9.47 Å². The number of hydrogen-bond donors (Lipinski definition) is 1. The number of carboxylic acids is 1. The lowest BCUT2D eigenvalue weighted by molar-refractivity contribution is -0.154. The summed E-state index contributed by atoms with van der Waals surface area (Å²) >= 11 is 0. The summed E-state index contributed by atoms with van der Waals surface area (Å²) in [5.41, 5.74) is 1.68. The highest BCUT2D eigenvalue weighted by Gasteiger charge is 2.57. The number of carboxylic acid groups (broad SMARTS) is 1. The highest BCUT2D eigenvalue weighted by Crippen LogP contribution is 2.51. The average Bonchev–Trinajstić information content (AvgIpc) is 3.40. The zero-order valence-electron chi connectivity index (χ0n) is 23.6. The monoisotopic (exact) mass is 570 g/mol. The molecular formula is C31H36F2N2O6. The second-order valence-electron chi connectivity index (χ2n) is 12.2. The van der Waals surface area contributed by atoms with Gasteiger partial charge >= 0.3 is 18.2 Å². The van der Waals surface area contributed by atoms with Crippen molar-refractivity contribution in [1.29, 1.82) is 0 Å². The van der Waals surface area contributed by atoms with Gasteiger partial charge in [0.25, 0.3) is 5.92 Å². The highest BCUT2D eigenvalue weighted by molar-refractivity contribution is 5.85. The second kappa shape index (κ2) is 10.6. The van der Waals surface area contributed by atoms with Gasteiger partial charge in [0.05, 0.1) is 0 Å². The van der Waals surface area contributed by atoms with E-state index >= 15 is 0 Å². The highest BCUT2D eigenvalue weighted by atomic mass is 19.3. The average molecular weight is 571 g/mol. The number of carbonyl (C=O) groups excluding carboxylic acids is 2. The molecule has 10 heteroatoms. The van der Waals surface area contributed by atoms with Gasteiger partial charge in [-0.3, -0.25) is 4.90 Å². The van der Waals surface area contributed by atoms with Gasteiger partial charge in [-0.25, -0.2) is 23.2 Å². The van der Waals surface area contributed by atoms with Crippen LogP contribution in [0.2, 0.25) is 0 Å². The maximum absolute atomic E-state index is 13.7. The van der Waals surface area contributed by atoms with E-state index in [0.29, 0.717) is 0 Å². The van der Waals surface area contributed by atoms with Crippen LogP contribution in [0, 0.1) is 5.92 Å². The number of hydrogen-bond acceptors (Lipinski definition) is 5. The van der Waals surface area contributed by atoms with Gasteiger partial charge in [-0.1, -0.05) is 48.5 Å². The van der Waals surface area contributed by atoms with E-state index in [2.05, 4.69) is 0 Å². The SMILES string of the molecule is CC(C)(C)OC(=O)N1CCC(C(=O)O)(N(CCC2CC2(F)F)C(=O)OCC2c3ccccc3-c3ccccc32)CC1. The third-order valence-corrected chi connectivity index (χ3v) is 8.37. The van der Waals surface area contributed by atoms with Crippen LogP contribution in [0.15, 0.2) is 48.5 Å². The van der Waals surface area contributed by atoms with Crippen LogP contribution in [0.1, 0.15) is 63.5 Å². The van der Waals surface area contributed by atoms with Gasteiger partial charge in [0.2, 0.25) is 0 Å². The fourth-order valence-corrected chi connectivity index (χ4v) is 6.00. The van der Waals surface area contributed by atoms with Crippen LogP contribution in [-0.2, 0) is 14.3 Å². The number of aliphatic carboxylic acids is 1. The van der Waals surface area contributed by atoms with Crippen molar-refractivity contribution in [3.63, 3.8) is 0 Å². The van der Waals surface area contributed by atoms with Crippen molar-refractivity contribution < 1.29 is 37.7 Å². The van der Waals surface area contributed by atoms with E-state index in [1.165, 1.54) is 4.90 Å². The molecule has 0 spiro atoms. The molecule has 2 aliphatic carbocycles. The first-order valence-corrected chi connectivity index (χ1v) is 14.0. The minimum atomic E-state index is -2.80. The molecule has 1 heterocycles. The van der Waals surface area contributed by atoms with E-state index in [1.54, 1.807) is 20.8 Å². The molecule has 2 fully saturated rings. The summed E-state index contributed by atoms with van der Waals surface area (Å²) in [6.45, 7) is 5.08. The molecule has 5 rings (SSSR count). The zero-order valence-corrected chi connectivity index (χ0v) is 23.6. The molecule has 8 nitrogen and oxygen atoms in total. The number of nitrogens with zero attached hydrogens (tertiary/aromatic N) is 2. The summed E-state index contributed by atoms with van der Waals surface area (Å²) in [5.74, 6) is -5.20. The van der Waals surface area contributed by atoms with E-state index in [1.807, 2.05) is 48.5 Å². The first kappa shape index (κ1) is 28.8. The molecule has 1 unspecified atom stereocenters. The van der Waals surface area contributed by atoms with Crippen molar-refractivity contribution in [2.45, 2.75) is 69.4 Å². The molecule has 1 atom stereocenters. The van der Waals surface area contributed by atoms with E-state index in [0.717, 1.165) is 27.2 Å². The van der Waals surface area contributed by atoms with Gasteiger partial charge < -0.3 is 19.5 Å². The summed E-state index contributed by atoms with van der Waals surface area (Å²) in [4.78, 5) is 41.6. The Bertz CT molecular complexity index is 1290. The van der Waals surface area contributed by atoms with Crippen LogP contribution in [0.25, 0.3) is 11.1 Å². The van der Waals surface area contributed by atoms with Crippen LogP contribution < -0.4 is 0 Å². The summed E-state index contributed by atoms with van der Waals surface area (Å²) in [6, 6.07) is 15.7. The molecule has 220 valence electrons. The minimum Gasteiger partial charge on any atom is -0.479 e. The molecule has 2 aromatic rings. The Kier molecular flexibility index (Phi) is 7.46. The van der Waals surface area contributed by atoms with Crippen LogP contribution in [0.5, 0.6) is 0 Å². The summed E-state index contributed by atoms with van der Waals surface area (Å²) < 4.78 is 38.7. The number of halogens is 2. The largest absolute Gasteiger partial charge is 0.479 e. The van der Waals surface area contributed by atoms with Crippen LogP contribution in [0.4, 0.5) is 18.4 Å². The van der Waals surface area contributed by atoms with Gasteiger partial charge in [-0.05, 0) is 62.3 Å². The number of amides is 2. The summed E-state index contributed by atoms with van der Waals surface area (Å²) in [5, 5.41) is 10.4. The van der Waals surface area contributed by atoms with Gasteiger partial charge in [-0.15, -0.1) is 0 Å². The smallest absolute Gasteiger partial charge is 0.410 e. The van der Waals surface area contributed by atoms with Crippen molar-refractivity contribution in [1.82, 2.24) is 9.80 Å². The molecule has 1 N–H and O–H groups in total. The lowest BCUT2D eigenvalue weighted by Crippen LogP contribution is -2.63. The number of likely N-dealkylation sites (tertiary alicyclic amines) is 1. The van der Waals surface area contributed by atoms with Gasteiger partial charge in [0, 0.05) is 37.9 Å². The molecule has 2 amide bonds. The van der Waals surface area contributed by atoms with Gasteiger partial charge in [-0.2, -0.15) is 0 Å². The number of alkyl halides is 2. The van der Waals surface area contributed by atoms with E-state index < -0.39 is 41.1 Å². The van der Waals surface area contributed by atoms with Gasteiger partial charge in [0.1, 0.15) is 17.7 Å². The maximum Gasteiger partial charge on any atom is 0.410 e. The van der Waals surface area contributed by atoms with Crippen molar-refractivity contribution in [3.05, 3.63) is 59.7 Å². The number of ether oxygens (including phenoxy) is 2. The zero-order chi connectivity index (χ0) is 29.6. The standard InChI is InChI=1S/C31H36F2N2O6/c1-29(2,3)41-27(38)34-16-13-30(14-17-34,26(36)37)35(15-12-20-18-31(20,32)33)28(39)40-19-25-23-10-6-4-8-21(23)22-9-5-7-11-24(22)25/h4-11,20,25H,12-19H2,1-3H3,(H,36,37). The molecule has 1 saturated carbocycles. The Morgan fingerprint density at radius 1 is 1.00 bits per heavy atom. The first-order valence-electron chi connectivity index (χ1n) is 14.0. The summed E-state index contributed by atoms with van der Waals surface area (Å²) in [7, 11) is 0. The molecule has 3 aliphatic rings. The third-order valence-electron chi connectivity index (χ3n) is 8.37. The molecule has 0 bridgehead atoms. The Morgan fingerprint density at radius 3 is 2.02 bits per heavy atom. The predicted molar refractivity (Wildman–Crippen MR) is 147 cm³/mol. The minimum absolute atomic E-state index is 0.0251.